The van der Waals surface area contributed by atoms with Gasteiger partial charge in [-0.1, -0.05) is 46.2 Å². The minimum atomic E-state index is -1.26. The van der Waals surface area contributed by atoms with E-state index in [1.807, 2.05) is 6.92 Å². The Bertz CT molecular complexity index is 1060. The van der Waals surface area contributed by atoms with Crippen LogP contribution in [-0.4, -0.2) is 81.5 Å². The summed E-state index contributed by atoms with van der Waals surface area (Å²) in [6.45, 7) is 9.04. The van der Waals surface area contributed by atoms with Crippen LogP contribution in [0.5, 0.6) is 5.75 Å². The Labute approximate surface area is 235 Å². The lowest BCUT2D eigenvalue weighted by molar-refractivity contribution is -0.144. The van der Waals surface area contributed by atoms with E-state index in [-0.39, 0.29) is 24.0 Å². The molecule has 1 aliphatic heterocycles. The lowest BCUT2D eigenvalue weighted by Crippen LogP contribution is -2.60. The van der Waals surface area contributed by atoms with Gasteiger partial charge >= 0.3 is 5.97 Å². The Morgan fingerprint density at radius 2 is 1.60 bits per heavy atom. The number of rotatable bonds is 13. The topological polar surface area (TPSA) is 191 Å². The fourth-order valence-corrected chi connectivity index (χ4v) is 4.56. The van der Waals surface area contributed by atoms with E-state index in [1.165, 1.54) is 24.0 Å². The van der Waals surface area contributed by atoms with Gasteiger partial charge in [0.05, 0.1) is 6.04 Å². The van der Waals surface area contributed by atoms with E-state index in [4.69, 9.17) is 5.73 Å². The van der Waals surface area contributed by atoms with Gasteiger partial charge in [-0.15, -0.1) is 0 Å². The second-order valence-corrected chi connectivity index (χ2v) is 10.9. The summed E-state index contributed by atoms with van der Waals surface area (Å²) in [6.07, 6.45) is 1.47. The zero-order valence-electron chi connectivity index (χ0n) is 23.8. The Hall–Kier alpha value is -3.67. The smallest absolute Gasteiger partial charge is 0.326 e. The zero-order valence-corrected chi connectivity index (χ0v) is 23.8. The summed E-state index contributed by atoms with van der Waals surface area (Å²) >= 11 is 0. The molecule has 0 radical (unpaired) electrons. The van der Waals surface area contributed by atoms with Gasteiger partial charge in [0.1, 0.15) is 29.9 Å². The maximum Gasteiger partial charge on any atom is 0.326 e. The maximum atomic E-state index is 13.4. The van der Waals surface area contributed by atoms with Gasteiger partial charge in [-0.25, -0.2) is 4.79 Å². The van der Waals surface area contributed by atoms with Gasteiger partial charge in [0, 0.05) is 13.0 Å². The van der Waals surface area contributed by atoms with E-state index in [9.17, 15) is 34.2 Å². The average molecular weight is 562 g/mol. The molecule has 6 atom stereocenters. The summed E-state index contributed by atoms with van der Waals surface area (Å²) in [5, 5.41) is 27.2. The molecule has 4 amide bonds. The molecule has 40 heavy (non-hydrogen) atoms. The van der Waals surface area contributed by atoms with Crippen molar-refractivity contribution in [1.82, 2.24) is 20.9 Å². The molecule has 1 aliphatic rings. The second kappa shape index (κ2) is 14.6. The molecule has 1 saturated heterocycles. The fourth-order valence-electron chi connectivity index (χ4n) is 4.56. The van der Waals surface area contributed by atoms with Crippen LogP contribution >= 0.6 is 0 Å². The maximum absolute atomic E-state index is 13.4. The van der Waals surface area contributed by atoms with Gasteiger partial charge in [0.2, 0.25) is 23.6 Å². The van der Waals surface area contributed by atoms with Gasteiger partial charge in [-0.2, -0.15) is 0 Å². The lowest BCUT2D eigenvalue weighted by Gasteiger charge is -2.32. The number of carboxylic acid groups (broad SMARTS) is 1. The van der Waals surface area contributed by atoms with E-state index in [0.717, 1.165) is 0 Å². The van der Waals surface area contributed by atoms with Crippen LogP contribution in [0.4, 0.5) is 0 Å². The molecule has 0 spiro atoms. The molecule has 222 valence electrons. The van der Waals surface area contributed by atoms with Gasteiger partial charge in [-0.05, 0) is 49.3 Å². The molecule has 0 aromatic heterocycles. The monoisotopic (exact) mass is 561 g/mol. The first-order valence-electron chi connectivity index (χ1n) is 13.7. The van der Waals surface area contributed by atoms with Crippen molar-refractivity contribution in [2.75, 3.05) is 6.54 Å². The van der Waals surface area contributed by atoms with E-state index < -0.39 is 59.8 Å². The summed E-state index contributed by atoms with van der Waals surface area (Å²) in [6, 6.07) is 1.20. The van der Waals surface area contributed by atoms with Crippen molar-refractivity contribution in [3.8, 4) is 5.75 Å². The van der Waals surface area contributed by atoms with Gasteiger partial charge in [-0.3, -0.25) is 19.2 Å². The van der Waals surface area contributed by atoms with Crippen LogP contribution in [0.2, 0.25) is 0 Å². The average Bonchev–Trinajstić information content (AvgIpc) is 3.40. The molecular formula is C28H43N5O7. The quantitative estimate of drug-likeness (QED) is 0.201. The minimum Gasteiger partial charge on any atom is -0.508 e. The number of carbonyl (C=O) groups is 5. The highest BCUT2D eigenvalue weighted by Crippen LogP contribution is 2.22. The number of likely N-dealkylation sites (tertiary alicyclic amines) is 1. The molecule has 7 N–H and O–H groups in total. The minimum absolute atomic E-state index is 0.0167. The van der Waals surface area contributed by atoms with Gasteiger partial charge in [0.25, 0.3) is 0 Å². The number of aromatic hydroxyl groups is 1. The predicted octanol–water partition coefficient (Wildman–Crippen LogP) is 0.514. The summed E-state index contributed by atoms with van der Waals surface area (Å²) in [5.74, 6) is -3.81. The summed E-state index contributed by atoms with van der Waals surface area (Å²) < 4.78 is 0. The number of nitrogens with zero attached hydrogens (tertiary/aromatic N) is 1. The van der Waals surface area contributed by atoms with Crippen LogP contribution in [0.1, 0.15) is 59.4 Å². The van der Waals surface area contributed by atoms with Crippen molar-refractivity contribution in [2.24, 2.45) is 17.6 Å². The molecule has 0 aliphatic carbocycles. The SMILES string of the molecule is CC[C@H](C)[C@H](NC(=O)[C@@H]1CCCN1C(=O)[C@@H](NC(=O)[C@H](C)N)C(C)C)C(=O)N[C@@H](Cc1ccc(O)cc1)C(=O)O. The fraction of sp³-hybridized carbons (Fsp3) is 0.607. The molecule has 1 heterocycles. The van der Waals surface area contributed by atoms with Crippen molar-refractivity contribution in [3.05, 3.63) is 29.8 Å². The Morgan fingerprint density at radius 3 is 2.12 bits per heavy atom. The molecule has 2 rings (SSSR count). The highest BCUT2D eigenvalue weighted by Gasteiger charge is 2.40. The molecule has 0 saturated carbocycles. The molecule has 1 aromatic carbocycles. The number of phenols is 1. The second-order valence-electron chi connectivity index (χ2n) is 10.9. The highest BCUT2D eigenvalue weighted by molar-refractivity contribution is 5.96. The normalized spacial score (nSPS) is 18.8. The number of carboxylic acids is 1. The van der Waals surface area contributed by atoms with Gasteiger partial charge < -0.3 is 36.8 Å². The molecule has 1 fully saturated rings. The molecule has 0 unspecified atom stereocenters. The van der Waals surface area contributed by atoms with Crippen LogP contribution in [0.25, 0.3) is 0 Å². The summed E-state index contributed by atoms with van der Waals surface area (Å²) in [7, 11) is 0. The van der Waals surface area contributed by atoms with Crippen LogP contribution in [0.3, 0.4) is 0 Å². The summed E-state index contributed by atoms with van der Waals surface area (Å²) in [4.78, 5) is 65.7. The van der Waals surface area contributed by atoms with E-state index >= 15 is 0 Å². The molecular weight excluding hydrogens is 518 g/mol. The summed E-state index contributed by atoms with van der Waals surface area (Å²) in [5.41, 5.74) is 6.26. The molecule has 0 bridgehead atoms. The van der Waals surface area contributed by atoms with Crippen molar-refractivity contribution in [3.63, 3.8) is 0 Å². The van der Waals surface area contributed by atoms with Crippen LogP contribution in [0, 0.1) is 11.8 Å². The molecule has 1 aromatic rings. The number of phenolic OH excluding ortho intramolecular Hbond substituents is 1. The molecule has 12 nitrogen and oxygen atoms in total. The number of carbonyl (C=O) groups excluding carboxylic acids is 4. The lowest BCUT2D eigenvalue weighted by atomic mass is 9.96. The van der Waals surface area contributed by atoms with E-state index in [0.29, 0.717) is 31.4 Å². The molecule has 12 heteroatoms. The third-order valence-electron chi connectivity index (χ3n) is 7.27. The van der Waals surface area contributed by atoms with Crippen molar-refractivity contribution < 1.29 is 34.2 Å². The number of hydrogen-bond donors (Lipinski definition) is 6. The number of aliphatic carboxylic acids is 1. The van der Waals surface area contributed by atoms with E-state index in [2.05, 4.69) is 16.0 Å². The third kappa shape index (κ3) is 8.67. The van der Waals surface area contributed by atoms with Crippen molar-refractivity contribution in [1.29, 1.82) is 0 Å². The largest absolute Gasteiger partial charge is 0.508 e. The first-order chi connectivity index (χ1) is 18.8. The highest BCUT2D eigenvalue weighted by atomic mass is 16.4. The zero-order chi connectivity index (χ0) is 30.1. The number of amides is 4. The van der Waals surface area contributed by atoms with E-state index in [1.54, 1.807) is 32.9 Å². The van der Waals surface area contributed by atoms with Crippen LogP contribution in [0.15, 0.2) is 24.3 Å². The third-order valence-corrected chi connectivity index (χ3v) is 7.27. The van der Waals surface area contributed by atoms with Crippen molar-refractivity contribution >= 4 is 29.6 Å². The predicted molar refractivity (Wildman–Crippen MR) is 148 cm³/mol. The van der Waals surface area contributed by atoms with Crippen molar-refractivity contribution in [2.45, 2.75) is 90.5 Å². The number of nitrogens with one attached hydrogen (secondary N) is 3. The van der Waals surface area contributed by atoms with Crippen LogP contribution < -0.4 is 21.7 Å². The first-order valence-corrected chi connectivity index (χ1v) is 13.7. The number of benzene rings is 1. The standard InChI is InChI=1S/C28H43N5O7/c1-6-16(4)23(26(37)30-20(28(39)40)14-18-9-11-19(34)12-10-18)32-25(36)21-8-7-13-33(21)27(38)22(15(2)3)31-24(35)17(5)29/h9-12,15-17,20-23,34H,6-8,13-14,29H2,1-5H3,(H,30,37)(H,31,35)(H,32,36)(H,39,40)/t16-,17-,20-,21-,22-,23-/m0/s1. The Kier molecular flexibility index (Phi) is 11.9. The number of hydrogen-bond acceptors (Lipinski definition) is 7. The van der Waals surface area contributed by atoms with Gasteiger partial charge in [0.15, 0.2) is 0 Å². The Morgan fingerprint density at radius 1 is 0.975 bits per heavy atom. The first kappa shape index (κ1) is 32.5. The number of nitrogens with two attached hydrogens (primary N) is 1. The van der Waals surface area contributed by atoms with Crippen LogP contribution in [-0.2, 0) is 30.4 Å². The Balaban J connectivity index is 2.18.